The summed E-state index contributed by atoms with van der Waals surface area (Å²) in [5.74, 6) is -0.0812. The van der Waals surface area contributed by atoms with Crippen LogP contribution >= 0.6 is 0 Å². The van der Waals surface area contributed by atoms with E-state index in [2.05, 4.69) is 15.3 Å². The van der Waals surface area contributed by atoms with Crippen LogP contribution in [0.5, 0.6) is 0 Å². The summed E-state index contributed by atoms with van der Waals surface area (Å²) < 4.78 is 36.0. The number of sulfone groups is 1. The first kappa shape index (κ1) is 17.3. The second-order valence-electron chi connectivity index (χ2n) is 5.89. The molecule has 1 aliphatic rings. The maximum Gasteiger partial charge on any atom is 0.275 e. The number of benzene rings is 1. The first-order chi connectivity index (χ1) is 11.8. The van der Waals surface area contributed by atoms with Crippen LogP contribution in [-0.4, -0.2) is 48.9 Å². The molecular formula is C16H17FN4O3S. The van der Waals surface area contributed by atoms with Gasteiger partial charge in [-0.1, -0.05) is 0 Å². The monoisotopic (exact) mass is 364 g/mol. The van der Waals surface area contributed by atoms with E-state index in [9.17, 15) is 17.6 Å². The van der Waals surface area contributed by atoms with Gasteiger partial charge in [-0.2, -0.15) is 0 Å². The molecule has 0 saturated carbocycles. The average Bonchev–Trinajstić information content (AvgIpc) is 2.96. The van der Waals surface area contributed by atoms with Gasteiger partial charge >= 0.3 is 0 Å². The molecule has 1 saturated heterocycles. The third-order valence-corrected chi connectivity index (χ3v) is 5.84. The Morgan fingerprint density at radius 3 is 2.52 bits per heavy atom. The first-order valence-electron chi connectivity index (χ1n) is 7.66. The standard InChI is InChI=1S/C16H17FN4O3S/c1-21(13-6-7-25(23,24)10-13)15-9-18-14(8-19-15)16(22)20-12-4-2-11(17)3-5-12/h2-5,8-9,13H,6-7,10H2,1H3,(H,20,22). The van der Waals surface area contributed by atoms with Crippen LogP contribution < -0.4 is 10.2 Å². The van der Waals surface area contributed by atoms with Gasteiger partial charge in [-0.25, -0.2) is 22.8 Å². The van der Waals surface area contributed by atoms with E-state index in [4.69, 9.17) is 0 Å². The lowest BCUT2D eigenvalue weighted by Gasteiger charge is -2.23. The summed E-state index contributed by atoms with van der Waals surface area (Å²) in [6, 6.07) is 5.25. The quantitative estimate of drug-likeness (QED) is 0.884. The number of carbonyl (C=O) groups excluding carboxylic acids is 1. The topological polar surface area (TPSA) is 92.3 Å². The van der Waals surface area contributed by atoms with Gasteiger partial charge in [-0.05, 0) is 30.7 Å². The number of nitrogens with zero attached hydrogens (tertiary/aromatic N) is 3. The first-order valence-corrected chi connectivity index (χ1v) is 9.48. The summed E-state index contributed by atoms with van der Waals surface area (Å²) in [5.41, 5.74) is 0.561. The molecule has 1 N–H and O–H groups in total. The van der Waals surface area contributed by atoms with Crippen LogP contribution in [0.3, 0.4) is 0 Å². The van der Waals surface area contributed by atoms with Gasteiger partial charge in [-0.3, -0.25) is 4.79 Å². The second kappa shape index (κ2) is 6.75. The Kier molecular flexibility index (Phi) is 4.67. The molecule has 0 spiro atoms. The van der Waals surface area contributed by atoms with Crippen molar-refractivity contribution in [3.63, 3.8) is 0 Å². The third-order valence-electron chi connectivity index (χ3n) is 4.09. The van der Waals surface area contributed by atoms with Crippen molar-refractivity contribution >= 4 is 27.2 Å². The SMILES string of the molecule is CN(c1cnc(C(=O)Nc2ccc(F)cc2)cn1)C1CCS(=O)(=O)C1. The molecule has 2 heterocycles. The minimum Gasteiger partial charge on any atom is -0.354 e. The number of amides is 1. The summed E-state index contributed by atoms with van der Waals surface area (Å²) in [5, 5.41) is 2.60. The van der Waals surface area contributed by atoms with Gasteiger partial charge in [0.1, 0.15) is 17.3 Å². The zero-order valence-corrected chi connectivity index (χ0v) is 14.3. The second-order valence-corrected chi connectivity index (χ2v) is 8.12. The summed E-state index contributed by atoms with van der Waals surface area (Å²) in [4.78, 5) is 22.2. The van der Waals surface area contributed by atoms with E-state index in [0.717, 1.165) is 0 Å². The van der Waals surface area contributed by atoms with E-state index in [1.54, 1.807) is 11.9 Å². The average molecular weight is 364 g/mol. The Morgan fingerprint density at radius 2 is 1.96 bits per heavy atom. The molecular weight excluding hydrogens is 347 g/mol. The van der Waals surface area contributed by atoms with Crippen LogP contribution in [-0.2, 0) is 9.84 Å². The minimum atomic E-state index is -2.99. The predicted molar refractivity (Wildman–Crippen MR) is 91.8 cm³/mol. The number of rotatable bonds is 4. The smallest absolute Gasteiger partial charge is 0.275 e. The van der Waals surface area contributed by atoms with Crippen molar-refractivity contribution in [2.75, 3.05) is 28.8 Å². The van der Waals surface area contributed by atoms with Crippen molar-refractivity contribution in [3.8, 4) is 0 Å². The summed E-state index contributed by atoms with van der Waals surface area (Å²) >= 11 is 0. The Balaban J connectivity index is 1.67. The highest BCUT2D eigenvalue weighted by molar-refractivity contribution is 7.91. The molecule has 0 bridgehead atoms. The number of aromatic nitrogens is 2. The number of anilines is 2. The molecule has 25 heavy (non-hydrogen) atoms. The molecule has 3 rings (SSSR count). The maximum atomic E-state index is 12.9. The lowest BCUT2D eigenvalue weighted by Crippen LogP contribution is -2.33. The molecule has 7 nitrogen and oxygen atoms in total. The Bertz CT molecular complexity index is 869. The number of nitrogens with one attached hydrogen (secondary N) is 1. The van der Waals surface area contributed by atoms with Crippen LogP contribution in [0.15, 0.2) is 36.7 Å². The largest absolute Gasteiger partial charge is 0.354 e. The van der Waals surface area contributed by atoms with Gasteiger partial charge in [0.15, 0.2) is 9.84 Å². The van der Waals surface area contributed by atoms with Gasteiger partial charge in [0.2, 0.25) is 0 Å². The molecule has 1 aliphatic heterocycles. The van der Waals surface area contributed by atoms with Gasteiger partial charge in [0, 0.05) is 18.8 Å². The third kappa shape index (κ3) is 4.11. The summed E-state index contributed by atoms with van der Waals surface area (Å²) in [6.45, 7) is 0. The van der Waals surface area contributed by atoms with Crippen molar-refractivity contribution in [1.82, 2.24) is 9.97 Å². The fraction of sp³-hybridized carbons (Fsp3) is 0.312. The van der Waals surface area contributed by atoms with Crippen molar-refractivity contribution in [2.24, 2.45) is 0 Å². The van der Waals surface area contributed by atoms with E-state index in [1.165, 1.54) is 36.7 Å². The van der Waals surface area contributed by atoms with Gasteiger partial charge in [0.05, 0.1) is 23.9 Å². The molecule has 1 amide bonds. The van der Waals surface area contributed by atoms with Gasteiger partial charge < -0.3 is 10.2 Å². The number of halogens is 1. The Labute approximate surface area is 144 Å². The lowest BCUT2D eigenvalue weighted by atomic mass is 10.2. The van der Waals surface area contributed by atoms with E-state index in [0.29, 0.717) is 17.9 Å². The number of hydrogen-bond acceptors (Lipinski definition) is 6. The van der Waals surface area contributed by atoms with Crippen molar-refractivity contribution in [1.29, 1.82) is 0 Å². The molecule has 0 aliphatic carbocycles. The fourth-order valence-corrected chi connectivity index (χ4v) is 4.39. The number of hydrogen-bond donors (Lipinski definition) is 1. The summed E-state index contributed by atoms with van der Waals surface area (Å²) in [6.07, 6.45) is 3.31. The van der Waals surface area contributed by atoms with Gasteiger partial charge in [-0.15, -0.1) is 0 Å². The normalized spacial score (nSPS) is 18.7. The van der Waals surface area contributed by atoms with Crippen molar-refractivity contribution in [3.05, 3.63) is 48.2 Å². The summed E-state index contributed by atoms with van der Waals surface area (Å²) in [7, 11) is -1.23. The van der Waals surface area contributed by atoms with E-state index < -0.39 is 15.7 Å². The lowest BCUT2D eigenvalue weighted by molar-refractivity contribution is 0.102. The molecule has 132 valence electrons. The molecule has 1 atom stereocenters. The van der Waals surface area contributed by atoms with Crippen LogP contribution in [0.25, 0.3) is 0 Å². The Hall–Kier alpha value is -2.55. The Morgan fingerprint density at radius 1 is 1.24 bits per heavy atom. The maximum absolute atomic E-state index is 12.9. The molecule has 1 fully saturated rings. The highest BCUT2D eigenvalue weighted by atomic mass is 32.2. The molecule has 1 aromatic heterocycles. The zero-order valence-electron chi connectivity index (χ0n) is 13.5. The van der Waals surface area contributed by atoms with Crippen LogP contribution in [0, 0.1) is 5.82 Å². The predicted octanol–water partition coefficient (Wildman–Crippen LogP) is 1.49. The number of carbonyl (C=O) groups is 1. The van der Waals surface area contributed by atoms with Crippen LogP contribution in [0.4, 0.5) is 15.9 Å². The fourth-order valence-electron chi connectivity index (χ4n) is 2.62. The molecule has 9 heteroatoms. The van der Waals surface area contributed by atoms with E-state index in [1.807, 2.05) is 0 Å². The highest BCUT2D eigenvalue weighted by Gasteiger charge is 2.31. The van der Waals surface area contributed by atoms with Crippen molar-refractivity contribution < 1.29 is 17.6 Å². The molecule has 1 aromatic carbocycles. The molecule has 0 radical (unpaired) electrons. The zero-order chi connectivity index (χ0) is 18.0. The van der Waals surface area contributed by atoms with Crippen LogP contribution in [0.2, 0.25) is 0 Å². The van der Waals surface area contributed by atoms with Gasteiger partial charge in [0.25, 0.3) is 5.91 Å². The van der Waals surface area contributed by atoms with Crippen molar-refractivity contribution in [2.45, 2.75) is 12.5 Å². The van der Waals surface area contributed by atoms with E-state index in [-0.39, 0.29) is 29.1 Å². The molecule has 1 unspecified atom stereocenters. The minimum absolute atomic E-state index is 0.0952. The van der Waals surface area contributed by atoms with Crippen LogP contribution in [0.1, 0.15) is 16.9 Å². The molecule has 2 aromatic rings. The van der Waals surface area contributed by atoms with E-state index >= 15 is 0 Å². The highest BCUT2D eigenvalue weighted by Crippen LogP contribution is 2.20.